The summed E-state index contributed by atoms with van der Waals surface area (Å²) in [7, 11) is 0. The van der Waals surface area contributed by atoms with Gasteiger partial charge in [0.15, 0.2) is 5.78 Å². The molecule has 0 saturated heterocycles. The van der Waals surface area contributed by atoms with Gasteiger partial charge >= 0.3 is 0 Å². The Morgan fingerprint density at radius 1 is 1.53 bits per heavy atom. The van der Waals surface area contributed by atoms with E-state index in [1.54, 1.807) is 6.20 Å². The van der Waals surface area contributed by atoms with Crippen LogP contribution in [0.25, 0.3) is 11.0 Å². The number of hydrogen-bond donors (Lipinski definition) is 1. The van der Waals surface area contributed by atoms with Crippen LogP contribution in [0.15, 0.2) is 18.5 Å². The fourth-order valence-corrected chi connectivity index (χ4v) is 1.78. The molecule has 78 valence electrons. The Balaban J connectivity index is 2.52. The van der Waals surface area contributed by atoms with Crippen molar-refractivity contribution in [2.45, 2.75) is 26.7 Å². The second-order valence-corrected chi connectivity index (χ2v) is 3.71. The number of nitrogens with one attached hydrogen (secondary N) is 1. The summed E-state index contributed by atoms with van der Waals surface area (Å²) in [6.45, 7) is 3.98. The second kappa shape index (κ2) is 3.85. The van der Waals surface area contributed by atoms with Gasteiger partial charge in [-0.1, -0.05) is 6.92 Å². The van der Waals surface area contributed by atoms with Gasteiger partial charge in [-0.15, -0.1) is 0 Å². The fourth-order valence-electron chi connectivity index (χ4n) is 1.78. The number of ketones is 1. The number of carbonyl (C=O) groups is 1. The van der Waals surface area contributed by atoms with Crippen LogP contribution in [0.2, 0.25) is 0 Å². The van der Waals surface area contributed by atoms with Crippen LogP contribution in [0.4, 0.5) is 0 Å². The van der Waals surface area contributed by atoms with Crippen LogP contribution in [-0.4, -0.2) is 15.8 Å². The van der Waals surface area contributed by atoms with Gasteiger partial charge < -0.3 is 4.98 Å². The first-order valence-corrected chi connectivity index (χ1v) is 5.20. The predicted molar refractivity (Wildman–Crippen MR) is 60.1 cm³/mol. The van der Waals surface area contributed by atoms with Crippen LogP contribution in [0.3, 0.4) is 0 Å². The molecule has 0 fully saturated rings. The molecule has 0 unspecified atom stereocenters. The van der Waals surface area contributed by atoms with Crippen molar-refractivity contribution in [3.8, 4) is 0 Å². The monoisotopic (exact) mass is 202 g/mol. The number of carbonyl (C=O) groups excluding carboxylic acids is 1. The zero-order valence-corrected chi connectivity index (χ0v) is 9.00. The Bertz CT molecular complexity index is 499. The fraction of sp³-hybridized carbons (Fsp3) is 0.333. The minimum absolute atomic E-state index is 0.186. The molecule has 0 aliphatic carbocycles. The van der Waals surface area contributed by atoms with E-state index in [9.17, 15) is 4.79 Å². The van der Waals surface area contributed by atoms with Crippen molar-refractivity contribution in [1.29, 1.82) is 0 Å². The van der Waals surface area contributed by atoms with Gasteiger partial charge in [-0.05, 0) is 25.0 Å². The quantitative estimate of drug-likeness (QED) is 0.778. The average molecular weight is 202 g/mol. The molecule has 2 aromatic heterocycles. The van der Waals surface area contributed by atoms with E-state index < -0.39 is 0 Å². The van der Waals surface area contributed by atoms with Gasteiger partial charge in [0.1, 0.15) is 5.65 Å². The maximum absolute atomic E-state index is 11.8. The highest BCUT2D eigenvalue weighted by atomic mass is 16.1. The van der Waals surface area contributed by atoms with Gasteiger partial charge in [0, 0.05) is 29.8 Å². The van der Waals surface area contributed by atoms with Crippen LogP contribution in [-0.2, 0) is 0 Å². The third-order valence-corrected chi connectivity index (χ3v) is 2.63. The highest BCUT2D eigenvalue weighted by molar-refractivity contribution is 6.00. The predicted octanol–water partition coefficient (Wildman–Crippen LogP) is 2.85. The summed E-state index contributed by atoms with van der Waals surface area (Å²) in [5.74, 6) is 0.186. The van der Waals surface area contributed by atoms with E-state index >= 15 is 0 Å². The number of hydrogen-bond acceptors (Lipinski definition) is 2. The lowest BCUT2D eigenvalue weighted by Crippen LogP contribution is -2.02. The summed E-state index contributed by atoms with van der Waals surface area (Å²) >= 11 is 0. The van der Waals surface area contributed by atoms with Crippen molar-refractivity contribution >= 4 is 16.8 Å². The van der Waals surface area contributed by atoms with Crippen molar-refractivity contribution in [3.63, 3.8) is 0 Å². The van der Waals surface area contributed by atoms with Gasteiger partial charge in [-0.2, -0.15) is 0 Å². The van der Waals surface area contributed by atoms with E-state index in [1.165, 1.54) is 0 Å². The summed E-state index contributed by atoms with van der Waals surface area (Å²) in [4.78, 5) is 19.0. The zero-order valence-electron chi connectivity index (χ0n) is 9.00. The molecule has 0 atom stereocenters. The third-order valence-electron chi connectivity index (χ3n) is 2.63. The first-order valence-electron chi connectivity index (χ1n) is 5.20. The molecule has 0 spiro atoms. The van der Waals surface area contributed by atoms with Crippen molar-refractivity contribution < 1.29 is 4.79 Å². The Morgan fingerprint density at radius 3 is 3.07 bits per heavy atom. The Kier molecular flexibility index (Phi) is 2.54. The minimum Gasteiger partial charge on any atom is -0.346 e. The molecular formula is C12H14N2O. The van der Waals surface area contributed by atoms with Crippen LogP contribution in [0, 0.1) is 6.92 Å². The van der Waals surface area contributed by atoms with E-state index in [1.807, 2.05) is 26.1 Å². The van der Waals surface area contributed by atoms with E-state index in [4.69, 9.17) is 0 Å². The summed E-state index contributed by atoms with van der Waals surface area (Å²) in [5, 5.41) is 1.04. The maximum atomic E-state index is 11.8. The molecular weight excluding hydrogens is 188 g/mol. The number of aryl methyl sites for hydroxylation is 1. The molecule has 0 aliphatic heterocycles. The standard InChI is InChI=1S/C12H14N2O/c1-3-4-11(15)10-7-14-12-9(8(10)2)5-6-13-12/h5-7H,3-4H2,1-2H3,(H,13,14). The normalized spacial score (nSPS) is 10.8. The molecule has 2 heterocycles. The molecule has 1 N–H and O–H groups in total. The van der Waals surface area contributed by atoms with Crippen LogP contribution in [0.5, 0.6) is 0 Å². The SMILES string of the molecule is CCCC(=O)c1cnc2[nH]ccc2c1C. The third kappa shape index (κ3) is 1.65. The minimum atomic E-state index is 0.186. The summed E-state index contributed by atoms with van der Waals surface area (Å²) < 4.78 is 0. The number of aromatic amines is 1. The highest BCUT2D eigenvalue weighted by Gasteiger charge is 2.11. The van der Waals surface area contributed by atoms with Crippen molar-refractivity contribution in [2.75, 3.05) is 0 Å². The van der Waals surface area contributed by atoms with Crippen molar-refractivity contribution in [2.24, 2.45) is 0 Å². The van der Waals surface area contributed by atoms with Gasteiger partial charge in [0.05, 0.1) is 0 Å². The summed E-state index contributed by atoms with van der Waals surface area (Å²) in [5.41, 5.74) is 2.63. The van der Waals surface area contributed by atoms with E-state index in [0.717, 1.165) is 28.6 Å². The van der Waals surface area contributed by atoms with Gasteiger partial charge in [0.2, 0.25) is 0 Å². The number of Topliss-reactive ketones (excluding diaryl/α,β-unsaturated/α-hetero) is 1. The molecule has 2 rings (SSSR count). The molecule has 2 aromatic rings. The van der Waals surface area contributed by atoms with E-state index in [-0.39, 0.29) is 5.78 Å². The largest absolute Gasteiger partial charge is 0.346 e. The smallest absolute Gasteiger partial charge is 0.164 e. The number of nitrogens with zero attached hydrogens (tertiary/aromatic N) is 1. The lowest BCUT2D eigenvalue weighted by atomic mass is 10.0. The maximum Gasteiger partial charge on any atom is 0.164 e. The van der Waals surface area contributed by atoms with Crippen molar-refractivity contribution in [3.05, 3.63) is 29.6 Å². The Morgan fingerprint density at radius 2 is 2.33 bits per heavy atom. The average Bonchev–Trinajstić information content (AvgIpc) is 2.67. The lowest BCUT2D eigenvalue weighted by molar-refractivity contribution is 0.0981. The first kappa shape index (κ1) is 9.90. The summed E-state index contributed by atoms with van der Waals surface area (Å²) in [6.07, 6.45) is 4.99. The molecule has 0 bridgehead atoms. The molecule has 0 radical (unpaired) electrons. The van der Waals surface area contributed by atoms with Gasteiger partial charge in [0.25, 0.3) is 0 Å². The molecule has 0 aromatic carbocycles. The topological polar surface area (TPSA) is 45.8 Å². The first-order chi connectivity index (χ1) is 7.24. The molecule has 0 amide bonds. The molecule has 15 heavy (non-hydrogen) atoms. The second-order valence-electron chi connectivity index (χ2n) is 3.71. The summed E-state index contributed by atoms with van der Waals surface area (Å²) in [6, 6.07) is 1.96. The van der Waals surface area contributed by atoms with E-state index in [2.05, 4.69) is 9.97 Å². The molecule has 0 saturated carbocycles. The van der Waals surface area contributed by atoms with Crippen LogP contribution < -0.4 is 0 Å². The van der Waals surface area contributed by atoms with Crippen LogP contribution >= 0.6 is 0 Å². The Hall–Kier alpha value is -1.64. The Labute approximate surface area is 88.5 Å². The zero-order chi connectivity index (χ0) is 10.8. The van der Waals surface area contributed by atoms with Gasteiger partial charge in [-0.3, -0.25) is 4.79 Å². The number of fused-ring (bicyclic) bond motifs is 1. The highest BCUT2D eigenvalue weighted by Crippen LogP contribution is 2.19. The van der Waals surface area contributed by atoms with Crippen LogP contribution in [0.1, 0.15) is 35.7 Å². The van der Waals surface area contributed by atoms with E-state index in [0.29, 0.717) is 6.42 Å². The lowest BCUT2D eigenvalue weighted by Gasteiger charge is -2.04. The van der Waals surface area contributed by atoms with Crippen molar-refractivity contribution in [1.82, 2.24) is 9.97 Å². The number of pyridine rings is 1. The molecule has 3 heteroatoms. The number of rotatable bonds is 3. The molecule has 0 aliphatic rings. The number of H-pyrrole nitrogens is 1. The molecule has 3 nitrogen and oxygen atoms in total. The number of aromatic nitrogens is 2. The van der Waals surface area contributed by atoms with Gasteiger partial charge in [-0.25, -0.2) is 4.98 Å².